The highest BCUT2D eigenvalue weighted by atomic mass is 31.0. The molecule has 0 radical (unpaired) electrons. The summed E-state index contributed by atoms with van der Waals surface area (Å²) in [7, 11) is 3.07. The Balaban J connectivity index is 1.02. The van der Waals surface area contributed by atoms with Gasteiger partial charge in [-0.1, -0.05) is 194 Å². The molecule has 0 saturated heterocycles. The molecule has 1 spiro atoms. The first-order chi connectivity index (χ1) is 34.7. The Kier molecular flexibility index (Phi) is 9.41. The molecular formula is C67H47N2P. The van der Waals surface area contributed by atoms with E-state index in [1.54, 1.807) is 0 Å². The summed E-state index contributed by atoms with van der Waals surface area (Å²) in [6.07, 6.45) is 9.11. The van der Waals surface area contributed by atoms with Gasteiger partial charge >= 0.3 is 0 Å². The molecule has 0 saturated carbocycles. The van der Waals surface area contributed by atoms with Crippen LogP contribution in [0.2, 0.25) is 0 Å². The first-order valence-corrected chi connectivity index (χ1v) is 25.0. The zero-order chi connectivity index (χ0) is 46.3. The van der Waals surface area contributed by atoms with Crippen molar-refractivity contribution in [2.24, 2.45) is 0 Å². The molecular weight excluding hydrogens is 864 g/mol. The van der Waals surface area contributed by atoms with E-state index in [-0.39, 0.29) is 0 Å². The van der Waals surface area contributed by atoms with Crippen LogP contribution in [0, 0.1) is 0 Å². The largest absolute Gasteiger partial charge is 0.310 e. The number of hydrogen-bond acceptors (Lipinski definition) is 2. The van der Waals surface area contributed by atoms with Gasteiger partial charge in [0.15, 0.2) is 0 Å². The fourth-order valence-corrected chi connectivity index (χ4v) is 12.8. The topological polar surface area (TPSA) is 6.48 Å². The second kappa shape index (κ2) is 16.2. The molecule has 1 heterocycles. The van der Waals surface area contributed by atoms with E-state index in [9.17, 15) is 0 Å². The average Bonchev–Trinajstić information content (AvgIpc) is 3.73. The Morgan fingerprint density at radius 2 is 0.957 bits per heavy atom. The van der Waals surface area contributed by atoms with Crippen LogP contribution in [0.25, 0.3) is 60.1 Å². The second-order valence-corrected chi connectivity index (χ2v) is 19.4. The van der Waals surface area contributed by atoms with Crippen molar-refractivity contribution in [2.75, 3.05) is 9.80 Å². The van der Waals surface area contributed by atoms with Crippen molar-refractivity contribution in [1.82, 2.24) is 0 Å². The lowest BCUT2D eigenvalue weighted by atomic mass is 9.64. The molecule has 0 aromatic heterocycles. The summed E-state index contributed by atoms with van der Waals surface area (Å²) in [4.78, 5) is 4.98. The summed E-state index contributed by atoms with van der Waals surface area (Å²) in [6.45, 7) is 0. The highest BCUT2D eigenvalue weighted by molar-refractivity contribution is 7.28. The molecule has 2 nitrogen and oxygen atoms in total. The molecule has 11 aromatic rings. The molecule has 0 amide bonds. The van der Waals surface area contributed by atoms with Gasteiger partial charge in [-0.2, -0.15) is 0 Å². The van der Waals surface area contributed by atoms with E-state index in [0.29, 0.717) is 0 Å². The van der Waals surface area contributed by atoms with Crippen molar-refractivity contribution >= 4 is 86.6 Å². The molecule has 0 bridgehead atoms. The number of allylic oxidation sites excluding steroid dienone is 4. The van der Waals surface area contributed by atoms with E-state index in [2.05, 4.69) is 268 Å². The Morgan fingerprint density at radius 1 is 0.414 bits per heavy atom. The van der Waals surface area contributed by atoms with Gasteiger partial charge in [-0.15, -0.1) is 9.24 Å². The SMILES string of the molecule is Pc1c(C2=CCCC=C2)cccc1-c1ccc(N(c2ccc3c4ccccc4c4ccccc4c3c2)c2cccc3c2-c2ccccc2C32c3ccccc3N(c3ccccc3)c3ccccc32)cc1. The first kappa shape index (κ1) is 40.7. The summed E-state index contributed by atoms with van der Waals surface area (Å²) in [6, 6.07) is 86.1. The molecule has 2 aliphatic carbocycles. The number of para-hydroxylation sites is 3. The third-order valence-corrected chi connectivity index (χ3v) is 15.9. The standard InChI is InChI=1S/C67H47N2P/c70-66-49(44-19-3-1-4-20-44)28-17-29-50(66)45-37-39-47(40-38-45)68(48-41-42-55-53-25-8-7-23-51(53)52-24-9-10-26-54(52)57(55)43-48)64-36-18-33-61-65(64)56-27-11-12-30-58(56)67(61)59-31-13-15-34-62(59)69(46-21-5-2-6-22-46)63-35-16-14-32-60(63)67/h2-3,5-43H,1,4,70H2. The Labute approximate surface area is 411 Å². The van der Waals surface area contributed by atoms with Gasteiger partial charge in [-0.05, 0) is 155 Å². The number of benzene rings is 11. The number of fused-ring (bicyclic) bond motifs is 15. The maximum atomic E-state index is 3.07. The van der Waals surface area contributed by atoms with Crippen LogP contribution in [-0.2, 0) is 5.41 Å². The fourth-order valence-electron chi connectivity index (χ4n) is 12.3. The molecule has 3 aliphatic rings. The zero-order valence-corrected chi connectivity index (χ0v) is 39.7. The third-order valence-electron chi connectivity index (χ3n) is 15.2. The van der Waals surface area contributed by atoms with Gasteiger partial charge in [0.25, 0.3) is 0 Å². The van der Waals surface area contributed by atoms with Crippen LogP contribution in [0.15, 0.2) is 249 Å². The average molecular weight is 911 g/mol. The highest BCUT2D eigenvalue weighted by Gasteiger charge is 2.52. The number of rotatable bonds is 6. The van der Waals surface area contributed by atoms with Gasteiger partial charge in [0.05, 0.1) is 22.5 Å². The lowest BCUT2D eigenvalue weighted by molar-refractivity contribution is 0.752. The van der Waals surface area contributed by atoms with Crippen molar-refractivity contribution in [3.63, 3.8) is 0 Å². The minimum absolute atomic E-state index is 0.586. The van der Waals surface area contributed by atoms with Crippen LogP contribution in [0.5, 0.6) is 0 Å². The Bertz CT molecular complexity index is 3890. The van der Waals surface area contributed by atoms with Crippen LogP contribution in [0.4, 0.5) is 34.1 Å². The monoisotopic (exact) mass is 910 g/mol. The first-order valence-electron chi connectivity index (χ1n) is 24.5. The quantitative estimate of drug-likeness (QED) is 0.121. The smallest absolute Gasteiger partial charge is 0.0755 e. The van der Waals surface area contributed by atoms with Crippen molar-refractivity contribution in [3.8, 4) is 22.3 Å². The normalized spacial score (nSPS) is 14.1. The van der Waals surface area contributed by atoms with Crippen LogP contribution < -0.4 is 15.1 Å². The molecule has 0 fully saturated rings. The maximum Gasteiger partial charge on any atom is 0.0755 e. The summed E-state index contributed by atoms with van der Waals surface area (Å²) in [5, 5.41) is 8.79. The van der Waals surface area contributed by atoms with Crippen LogP contribution in [0.1, 0.15) is 40.7 Å². The molecule has 3 heteroatoms. The van der Waals surface area contributed by atoms with Crippen molar-refractivity contribution < 1.29 is 0 Å². The lowest BCUT2D eigenvalue weighted by Crippen LogP contribution is -2.36. The van der Waals surface area contributed by atoms with E-state index in [1.165, 1.54) is 105 Å². The van der Waals surface area contributed by atoms with Gasteiger partial charge in [0.1, 0.15) is 0 Å². The second-order valence-electron chi connectivity index (χ2n) is 18.8. The van der Waals surface area contributed by atoms with Crippen molar-refractivity contribution in [1.29, 1.82) is 0 Å². The van der Waals surface area contributed by atoms with Gasteiger partial charge < -0.3 is 9.80 Å². The lowest BCUT2D eigenvalue weighted by Gasteiger charge is -2.45. The van der Waals surface area contributed by atoms with E-state index < -0.39 is 5.41 Å². The van der Waals surface area contributed by atoms with Crippen LogP contribution >= 0.6 is 9.24 Å². The molecule has 11 aromatic carbocycles. The molecule has 330 valence electrons. The van der Waals surface area contributed by atoms with E-state index >= 15 is 0 Å². The fraction of sp³-hybridized carbons (Fsp3) is 0.0448. The van der Waals surface area contributed by atoms with Crippen molar-refractivity contribution in [2.45, 2.75) is 18.3 Å². The zero-order valence-electron chi connectivity index (χ0n) is 38.6. The van der Waals surface area contributed by atoms with E-state index in [0.717, 1.165) is 35.6 Å². The summed E-state index contributed by atoms with van der Waals surface area (Å²) >= 11 is 0. The third kappa shape index (κ3) is 5.97. The van der Waals surface area contributed by atoms with Gasteiger partial charge in [0, 0.05) is 22.6 Å². The van der Waals surface area contributed by atoms with E-state index in [1.807, 2.05) is 0 Å². The summed E-state index contributed by atoms with van der Waals surface area (Å²) in [5.74, 6) is 0. The summed E-state index contributed by atoms with van der Waals surface area (Å²) < 4.78 is 0. The molecule has 1 atom stereocenters. The van der Waals surface area contributed by atoms with Crippen molar-refractivity contribution in [3.05, 3.63) is 277 Å². The molecule has 1 aliphatic heterocycles. The van der Waals surface area contributed by atoms with E-state index in [4.69, 9.17) is 0 Å². The highest BCUT2D eigenvalue weighted by Crippen LogP contribution is 2.65. The number of anilines is 6. The number of hydrogen-bond donors (Lipinski definition) is 0. The van der Waals surface area contributed by atoms with Crippen LogP contribution in [-0.4, -0.2) is 0 Å². The minimum Gasteiger partial charge on any atom is -0.310 e. The molecule has 0 N–H and O–H groups in total. The summed E-state index contributed by atoms with van der Waals surface area (Å²) in [5.41, 5.74) is 18.9. The van der Waals surface area contributed by atoms with Crippen LogP contribution in [0.3, 0.4) is 0 Å². The minimum atomic E-state index is -0.586. The Morgan fingerprint density at radius 3 is 1.64 bits per heavy atom. The van der Waals surface area contributed by atoms with Gasteiger partial charge in [-0.25, -0.2) is 0 Å². The predicted molar refractivity (Wildman–Crippen MR) is 300 cm³/mol. The number of nitrogens with zero attached hydrogens (tertiary/aromatic N) is 2. The molecule has 1 unspecified atom stereocenters. The molecule has 14 rings (SSSR count). The Hall–Kier alpha value is -8.29. The predicted octanol–water partition coefficient (Wildman–Crippen LogP) is 17.7. The maximum absolute atomic E-state index is 3.07. The van der Waals surface area contributed by atoms with Gasteiger partial charge in [0.2, 0.25) is 0 Å². The molecule has 70 heavy (non-hydrogen) atoms. The van der Waals surface area contributed by atoms with Gasteiger partial charge in [-0.3, -0.25) is 0 Å².